The summed E-state index contributed by atoms with van der Waals surface area (Å²) in [6, 6.07) is 8.13. The Labute approximate surface area is 216 Å². The van der Waals surface area contributed by atoms with Crippen LogP contribution in [0, 0.1) is 0 Å². The van der Waals surface area contributed by atoms with Crippen LogP contribution >= 0.6 is 0 Å². The van der Waals surface area contributed by atoms with E-state index >= 15 is 0 Å². The van der Waals surface area contributed by atoms with E-state index in [4.69, 9.17) is 9.47 Å². The van der Waals surface area contributed by atoms with Crippen molar-refractivity contribution in [3.05, 3.63) is 46.0 Å². The van der Waals surface area contributed by atoms with E-state index in [1.165, 1.54) is 32.1 Å². The molecule has 1 aromatic carbocycles. The maximum absolute atomic E-state index is 13.5. The minimum Gasteiger partial charge on any atom is -0.497 e. The number of nitrogens with zero attached hydrogens (tertiary/aromatic N) is 6. The lowest BCUT2D eigenvalue weighted by Crippen LogP contribution is -2.52. The van der Waals surface area contributed by atoms with Crippen LogP contribution in [0.4, 0.5) is 0 Å². The van der Waals surface area contributed by atoms with Gasteiger partial charge in [-0.3, -0.25) is 14.6 Å². The Kier molecular flexibility index (Phi) is 7.21. The van der Waals surface area contributed by atoms with Gasteiger partial charge in [0, 0.05) is 50.5 Å². The summed E-state index contributed by atoms with van der Waals surface area (Å²) in [5, 5.41) is 13.8. The molecule has 2 atom stereocenters. The zero-order valence-corrected chi connectivity index (χ0v) is 21.6. The lowest BCUT2D eigenvalue weighted by Gasteiger charge is -2.43. The average molecular weight is 508 g/mol. The first-order valence-corrected chi connectivity index (χ1v) is 13.8. The van der Waals surface area contributed by atoms with Crippen molar-refractivity contribution in [2.24, 2.45) is 0 Å². The van der Waals surface area contributed by atoms with Gasteiger partial charge in [0.1, 0.15) is 11.8 Å². The molecule has 0 bridgehead atoms. The molecule has 2 saturated heterocycles. The van der Waals surface area contributed by atoms with Gasteiger partial charge in [-0.05, 0) is 59.7 Å². The van der Waals surface area contributed by atoms with Crippen molar-refractivity contribution < 1.29 is 9.47 Å². The largest absolute Gasteiger partial charge is 0.497 e. The first-order chi connectivity index (χ1) is 18.2. The number of fused-ring (bicyclic) bond motifs is 1. The third-order valence-electron chi connectivity index (χ3n) is 8.39. The van der Waals surface area contributed by atoms with Crippen molar-refractivity contribution in [1.82, 2.24) is 35.0 Å². The van der Waals surface area contributed by atoms with Crippen LogP contribution < -0.4 is 10.3 Å². The fourth-order valence-electron chi connectivity index (χ4n) is 6.35. The summed E-state index contributed by atoms with van der Waals surface area (Å²) in [5.41, 5.74) is 1.31. The molecule has 3 fully saturated rings. The molecule has 0 radical (unpaired) electrons. The molecule has 4 heterocycles. The number of rotatable bonds is 7. The molecule has 1 aliphatic carbocycles. The van der Waals surface area contributed by atoms with Gasteiger partial charge < -0.3 is 14.5 Å². The smallest absolute Gasteiger partial charge is 0.253 e. The van der Waals surface area contributed by atoms with E-state index in [-0.39, 0.29) is 17.7 Å². The molecular formula is C27H37N7O3. The summed E-state index contributed by atoms with van der Waals surface area (Å²) in [7, 11) is 1.63. The van der Waals surface area contributed by atoms with Crippen LogP contribution in [0.1, 0.15) is 62.4 Å². The Hall–Kier alpha value is -2.82. The number of pyridine rings is 1. The summed E-state index contributed by atoms with van der Waals surface area (Å²) >= 11 is 0. The molecule has 3 aliphatic rings. The average Bonchev–Trinajstić information content (AvgIpc) is 3.63. The Bertz CT molecular complexity index is 1250. The van der Waals surface area contributed by atoms with Gasteiger partial charge in [0.15, 0.2) is 5.82 Å². The maximum atomic E-state index is 13.5. The predicted octanol–water partition coefficient (Wildman–Crippen LogP) is 2.74. The first kappa shape index (κ1) is 24.5. The van der Waals surface area contributed by atoms with E-state index in [2.05, 4.69) is 30.3 Å². The van der Waals surface area contributed by atoms with Crippen LogP contribution in [0.5, 0.6) is 5.75 Å². The van der Waals surface area contributed by atoms with Crippen LogP contribution in [0.3, 0.4) is 0 Å². The quantitative estimate of drug-likeness (QED) is 0.521. The molecule has 10 nitrogen and oxygen atoms in total. The summed E-state index contributed by atoms with van der Waals surface area (Å²) < 4.78 is 13.1. The van der Waals surface area contributed by atoms with Gasteiger partial charge >= 0.3 is 0 Å². The fourth-order valence-corrected chi connectivity index (χ4v) is 6.35. The summed E-state index contributed by atoms with van der Waals surface area (Å²) in [5.74, 6) is 1.42. The molecule has 0 amide bonds. The Morgan fingerprint density at radius 3 is 2.68 bits per heavy atom. The number of hydrogen-bond acceptors (Lipinski definition) is 8. The molecule has 1 saturated carbocycles. The van der Waals surface area contributed by atoms with Gasteiger partial charge in [0.2, 0.25) is 0 Å². The predicted molar refractivity (Wildman–Crippen MR) is 140 cm³/mol. The number of piperazine rings is 1. The summed E-state index contributed by atoms with van der Waals surface area (Å²) in [4.78, 5) is 21.7. The van der Waals surface area contributed by atoms with Crippen LogP contribution in [-0.4, -0.2) is 87.0 Å². The SMILES string of the molecule is COc1ccc2cc([C@@H](c3nnnn3C[C@H]3CCCO3)N3CCN(C4CCCCC4)CC3)c(=O)[nH]c2c1. The zero-order chi connectivity index (χ0) is 25.2. The number of methoxy groups -OCH3 is 1. The molecule has 0 unspecified atom stereocenters. The van der Waals surface area contributed by atoms with E-state index in [1.54, 1.807) is 7.11 Å². The van der Waals surface area contributed by atoms with Crippen molar-refractivity contribution in [2.45, 2.75) is 69.7 Å². The van der Waals surface area contributed by atoms with Crippen LogP contribution in [-0.2, 0) is 11.3 Å². The molecule has 10 heteroatoms. The van der Waals surface area contributed by atoms with Crippen molar-refractivity contribution in [3.8, 4) is 5.75 Å². The number of ether oxygens (including phenoxy) is 2. The fraction of sp³-hybridized carbons (Fsp3) is 0.630. The zero-order valence-electron chi connectivity index (χ0n) is 21.6. The highest BCUT2D eigenvalue weighted by molar-refractivity contribution is 5.80. The molecule has 2 aromatic heterocycles. The summed E-state index contributed by atoms with van der Waals surface area (Å²) in [6.45, 7) is 5.11. The minimum absolute atomic E-state index is 0.105. The number of hydrogen-bond donors (Lipinski definition) is 1. The molecule has 3 aromatic rings. The highest BCUT2D eigenvalue weighted by Crippen LogP contribution is 2.31. The maximum Gasteiger partial charge on any atom is 0.253 e. The van der Waals surface area contributed by atoms with Crippen molar-refractivity contribution >= 4 is 10.9 Å². The van der Waals surface area contributed by atoms with Crippen LogP contribution in [0.15, 0.2) is 29.1 Å². The molecule has 6 rings (SSSR count). The van der Waals surface area contributed by atoms with Gasteiger partial charge in [0.05, 0.1) is 25.3 Å². The lowest BCUT2D eigenvalue weighted by molar-refractivity contribution is 0.0593. The van der Waals surface area contributed by atoms with E-state index < -0.39 is 0 Å². The van der Waals surface area contributed by atoms with E-state index in [9.17, 15) is 4.79 Å². The first-order valence-electron chi connectivity index (χ1n) is 13.8. The number of tetrazole rings is 1. The normalized spacial score (nSPS) is 23.0. The Morgan fingerprint density at radius 1 is 1.08 bits per heavy atom. The summed E-state index contributed by atoms with van der Waals surface area (Å²) in [6.07, 6.45) is 8.81. The molecule has 37 heavy (non-hydrogen) atoms. The second-order valence-electron chi connectivity index (χ2n) is 10.6. The molecule has 0 spiro atoms. The number of aromatic nitrogens is 5. The van der Waals surface area contributed by atoms with E-state index in [1.807, 2.05) is 28.9 Å². The van der Waals surface area contributed by atoms with E-state index in [0.29, 0.717) is 29.7 Å². The molecule has 1 N–H and O–H groups in total. The van der Waals surface area contributed by atoms with Crippen LogP contribution in [0.2, 0.25) is 0 Å². The van der Waals surface area contributed by atoms with Gasteiger partial charge in [-0.1, -0.05) is 19.3 Å². The topological polar surface area (TPSA) is 101 Å². The number of nitrogens with one attached hydrogen (secondary N) is 1. The monoisotopic (exact) mass is 507 g/mol. The standard InChI is InChI=1S/C27H37N7O3/c1-36-21-10-9-19-16-23(27(35)28-24(19)17-21)25(26-29-30-31-34(26)18-22-8-5-15-37-22)33-13-11-32(12-14-33)20-6-3-2-4-7-20/h9-10,16-17,20,22,25H,2-8,11-15,18H2,1H3,(H,28,35)/t22-,25+/m1/s1. The Balaban J connectivity index is 1.34. The Morgan fingerprint density at radius 2 is 1.92 bits per heavy atom. The highest BCUT2D eigenvalue weighted by atomic mass is 16.5. The number of aromatic amines is 1. The number of H-pyrrole nitrogens is 1. The van der Waals surface area contributed by atoms with Crippen LogP contribution in [0.25, 0.3) is 10.9 Å². The van der Waals surface area contributed by atoms with Crippen molar-refractivity contribution in [2.75, 3.05) is 39.9 Å². The highest BCUT2D eigenvalue weighted by Gasteiger charge is 2.35. The van der Waals surface area contributed by atoms with E-state index in [0.717, 1.165) is 56.5 Å². The van der Waals surface area contributed by atoms with Gasteiger partial charge in [-0.2, -0.15) is 0 Å². The minimum atomic E-state index is -0.333. The van der Waals surface area contributed by atoms with Gasteiger partial charge in [-0.15, -0.1) is 5.10 Å². The molecule has 2 aliphatic heterocycles. The number of benzene rings is 1. The molecule has 198 valence electrons. The second-order valence-corrected chi connectivity index (χ2v) is 10.6. The van der Waals surface area contributed by atoms with Gasteiger partial charge in [-0.25, -0.2) is 4.68 Å². The van der Waals surface area contributed by atoms with Crippen molar-refractivity contribution in [1.29, 1.82) is 0 Å². The van der Waals surface area contributed by atoms with Gasteiger partial charge in [0.25, 0.3) is 5.56 Å². The lowest BCUT2D eigenvalue weighted by atomic mass is 9.93. The second kappa shape index (κ2) is 10.9. The third kappa shape index (κ3) is 5.15. The van der Waals surface area contributed by atoms with Crippen molar-refractivity contribution in [3.63, 3.8) is 0 Å². The third-order valence-corrected chi connectivity index (χ3v) is 8.39. The molecular weight excluding hydrogens is 470 g/mol.